The lowest BCUT2D eigenvalue weighted by molar-refractivity contribution is -0.129. The van der Waals surface area contributed by atoms with E-state index in [4.69, 9.17) is 0 Å². The molecule has 0 aliphatic heterocycles. The molecule has 0 saturated carbocycles. The first-order valence-corrected chi connectivity index (χ1v) is 10.2. The lowest BCUT2D eigenvalue weighted by atomic mass is 10.1. The van der Waals surface area contributed by atoms with Gasteiger partial charge in [0.1, 0.15) is 0 Å². The van der Waals surface area contributed by atoms with E-state index < -0.39 is 15.9 Å². The second-order valence-electron chi connectivity index (χ2n) is 6.73. The van der Waals surface area contributed by atoms with Crippen LogP contribution in [0.25, 0.3) is 0 Å². The summed E-state index contributed by atoms with van der Waals surface area (Å²) in [5.41, 5.74) is 2.31. The van der Waals surface area contributed by atoms with Crippen LogP contribution in [0.5, 0.6) is 0 Å². The zero-order chi connectivity index (χ0) is 20.9. The summed E-state index contributed by atoms with van der Waals surface area (Å²) in [7, 11) is 0.871. The van der Waals surface area contributed by atoms with Crippen LogP contribution in [0, 0.1) is 6.92 Å². The standard InChI is InChI=1S/C20H25N3O4S/c1-15-8-10-16(11-9-15)14-23(4)19(24)13-21-20(25)17-6-5-7-18(12-17)28(26,27)22(2)3/h5-12H,13-14H2,1-4H3,(H,21,25). The van der Waals surface area contributed by atoms with Gasteiger partial charge in [-0.25, -0.2) is 12.7 Å². The lowest BCUT2D eigenvalue weighted by Gasteiger charge is -2.18. The van der Waals surface area contributed by atoms with Gasteiger partial charge in [0.15, 0.2) is 0 Å². The molecule has 2 amide bonds. The summed E-state index contributed by atoms with van der Waals surface area (Å²) < 4.78 is 25.5. The summed E-state index contributed by atoms with van der Waals surface area (Å²) in [6, 6.07) is 13.6. The van der Waals surface area contributed by atoms with Crippen molar-refractivity contribution in [2.75, 3.05) is 27.7 Å². The van der Waals surface area contributed by atoms with Gasteiger partial charge in [-0.2, -0.15) is 0 Å². The maximum atomic E-state index is 12.3. The van der Waals surface area contributed by atoms with Gasteiger partial charge in [-0.3, -0.25) is 9.59 Å². The Hall–Kier alpha value is -2.71. The molecule has 28 heavy (non-hydrogen) atoms. The number of hydrogen-bond donors (Lipinski definition) is 1. The summed E-state index contributed by atoms with van der Waals surface area (Å²) in [5, 5.41) is 2.54. The van der Waals surface area contributed by atoms with Crippen LogP contribution >= 0.6 is 0 Å². The Morgan fingerprint density at radius 1 is 1.00 bits per heavy atom. The molecule has 0 aliphatic carbocycles. The molecule has 0 spiro atoms. The van der Waals surface area contributed by atoms with Gasteiger partial charge >= 0.3 is 0 Å². The van der Waals surface area contributed by atoms with E-state index in [1.54, 1.807) is 7.05 Å². The number of sulfonamides is 1. The van der Waals surface area contributed by atoms with Crippen LogP contribution < -0.4 is 5.32 Å². The number of aryl methyl sites for hydroxylation is 1. The average molecular weight is 404 g/mol. The highest BCUT2D eigenvalue weighted by Crippen LogP contribution is 2.15. The van der Waals surface area contributed by atoms with Crippen LogP contribution in [0.3, 0.4) is 0 Å². The molecule has 150 valence electrons. The molecule has 0 atom stereocenters. The summed E-state index contributed by atoms with van der Waals surface area (Å²) in [6.45, 7) is 2.25. The minimum atomic E-state index is -3.64. The fourth-order valence-electron chi connectivity index (χ4n) is 2.46. The molecule has 2 aromatic rings. The van der Waals surface area contributed by atoms with E-state index in [9.17, 15) is 18.0 Å². The Morgan fingerprint density at radius 3 is 2.25 bits per heavy atom. The first-order valence-electron chi connectivity index (χ1n) is 8.71. The smallest absolute Gasteiger partial charge is 0.251 e. The zero-order valence-corrected chi connectivity index (χ0v) is 17.3. The van der Waals surface area contributed by atoms with Crippen LogP contribution in [-0.2, 0) is 21.4 Å². The number of likely N-dealkylation sites (N-methyl/N-ethyl adjacent to an activating group) is 1. The van der Waals surface area contributed by atoms with Gasteiger partial charge in [0.25, 0.3) is 5.91 Å². The largest absolute Gasteiger partial charge is 0.343 e. The molecule has 0 aliphatic rings. The fourth-order valence-corrected chi connectivity index (χ4v) is 3.41. The molecule has 0 bridgehead atoms. The van der Waals surface area contributed by atoms with Crippen molar-refractivity contribution in [3.63, 3.8) is 0 Å². The Morgan fingerprint density at radius 2 is 1.64 bits per heavy atom. The zero-order valence-electron chi connectivity index (χ0n) is 16.5. The van der Waals surface area contributed by atoms with Crippen molar-refractivity contribution in [1.29, 1.82) is 0 Å². The monoisotopic (exact) mass is 403 g/mol. The molecular weight excluding hydrogens is 378 g/mol. The van der Waals surface area contributed by atoms with Crippen molar-refractivity contribution in [2.24, 2.45) is 0 Å². The van der Waals surface area contributed by atoms with Crippen molar-refractivity contribution >= 4 is 21.8 Å². The van der Waals surface area contributed by atoms with Crippen LogP contribution in [0.2, 0.25) is 0 Å². The van der Waals surface area contributed by atoms with Gasteiger partial charge in [0.05, 0.1) is 11.4 Å². The molecule has 0 fully saturated rings. The molecule has 0 radical (unpaired) electrons. The molecule has 0 unspecified atom stereocenters. The minimum absolute atomic E-state index is 0.0213. The number of rotatable bonds is 7. The van der Waals surface area contributed by atoms with Crippen LogP contribution in [0.1, 0.15) is 21.5 Å². The third-order valence-corrected chi connectivity index (χ3v) is 6.05. The topological polar surface area (TPSA) is 86.8 Å². The van der Waals surface area contributed by atoms with Crippen molar-refractivity contribution in [3.8, 4) is 0 Å². The van der Waals surface area contributed by atoms with Crippen molar-refractivity contribution in [1.82, 2.24) is 14.5 Å². The maximum Gasteiger partial charge on any atom is 0.251 e. The lowest BCUT2D eigenvalue weighted by Crippen LogP contribution is -2.37. The highest BCUT2D eigenvalue weighted by molar-refractivity contribution is 7.89. The Bertz CT molecular complexity index is 954. The van der Waals surface area contributed by atoms with Crippen LogP contribution in [0.4, 0.5) is 0 Å². The number of hydrogen-bond acceptors (Lipinski definition) is 4. The molecular formula is C20H25N3O4S. The Kier molecular flexibility index (Phi) is 6.93. The second kappa shape index (κ2) is 8.99. The van der Waals surface area contributed by atoms with Crippen molar-refractivity contribution in [3.05, 3.63) is 65.2 Å². The van der Waals surface area contributed by atoms with Gasteiger partial charge in [-0.05, 0) is 30.7 Å². The number of carbonyl (C=O) groups is 2. The van der Waals surface area contributed by atoms with E-state index in [2.05, 4.69) is 5.32 Å². The van der Waals surface area contributed by atoms with E-state index in [-0.39, 0.29) is 22.9 Å². The maximum absolute atomic E-state index is 12.3. The van der Waals surface area contributed by atoms with Crippen LogP contribution in [-0.4, -0.2) is 57.1 Å². The molecule has 0 aromatic heterocycles. The van der Waals surface area contributed by atoms with E-state index >= 15 is 0 Å². The molecule has 0 heterocycles. The van der Waals surface area contributed by atoms with Crippen molar-refractivity contribution in [2.45, 2.75) is 18.4 Å². The van der Waals surface area contributed by atoms with Crippen molar-refractivity contribution < 1.29 is 18.0 Å². The first-order chi connectivity index (χ1) is 13.1. The number of nitrogens with zero attached hydrogens (tertiary/aromatic N) is 2. The molecule has 1 N–H and O–H groups in total. The third kappa shape index (κ3) is 5.40. The quantitative estimate of drug-likeness (QED) is 0.761. The number of nitrogens with one attached hydrogen (secondary N) is 1. The van der Waals surface area contributed by atoms with Gasteiger partial charge in [0.2, 0.25) is 15.9 Å². The first kappa shape index (κ1) is 21.6. The summed E-state index contributed by atoms with van der Waals surface area (Å²) in [4.78, 5) is 26.1. The summed E-state index contributed by atoms with van der Waals surface area (Å²) in [5.74, 6) is -0.751. The van der Waals surface area contributed by atoms with E-state index in [0.29, 0.717) is 6.54 Å². The molecule has 2 rings (SSSR count). The van der Waals surface area contributed by atoms with Gasteiger partial charge in [0, 0.05) is 33.3 Å². The van der Waals surface area contributed by atoms with E-state index in [1.165, 1.54) is 43.3 Å². The van der Waals surface area contributed by atoms with Gasteiger partial charge in [-0.15, -0.1) is 0 Å². The highest BCUT2D eigenvalue weighted by Gasteiger charge is 2.19. The summed E-state index contributed by atoms with van der Waals surface area (Å²) in [6.07, 6.45) is 0. The van der Waals surface area contributed by atoms with E-state index in [1.807, 2.05) is 31.2 Å². The molecule has 2 aromatic carbocycles. The normalized spacial score (nSPS) is 11.3. The average Bonchev–Trinajstić information content (AvgIpc) is 2.67. The van der Waals surface area contributed by atoms with E-state index in [0.717, 1.165) is 15.4 Å². The SMILES string of the molecule is Cc1ccc(CN(C)C(=O)CNC(=O)c2cccc(S(=O)(=O)N(C)C)c2)cc1. The number of carbonyl (C=O) groups excluding carboxylic acids is 2. The predicted molar refractivity (Wildman–Crippen MR) is 107 cm³/mol. The fraction of sp³-hybridized carbons (Fsp3) is 0.300. The predicted octanol–water partition coefficient (Wildman–Crippen LogP) is 1.63. The van der Waals surface area contributed by atoms with Gasteiger partial charge in [-0.1, -0.05) is 35.9 Å². The second-order valence-corrected chi connectivity index (χ2v) is 8.89. The minimum Gasteiger partial charge on any atom is -0.343 e. The Labute approximate surface area is 166 Å². The van der Waals surface area contributed by atoms with Gasteiger partial charge < -0.3 is 10.2 Å². The molecule has 8 heteroatoms. The number of amides is 2. The molecule has 0 saturated heterocycles. The van der Waals surface area contributed by atoms with Crippen LogP contribution in [0.15, 0.2) is 53.4 Å². The third-order valence-electron chi connectivity index (χ3n) is 4.24. The summed E-state index contributed by atoms with van der Waals surface area (Å²) >= 11 is 0. The Balaban J connectivity index is 1.98. The number of benzene rings is 2. The highest BCUT2D eigenvalue weighted by atomic mass is 32.2. The molecule has 7 nitrogen and oxygen atoms in total.